The largest absolute Gasteiger partial charge is 0.494 e. The van der Waals surface area contributed by atoms with Gasteiger partial charge in [0.15, 0.2) is 0 Å². The molecule has 0 saturated carbocycles. The van der Waals surface area contributed by atoms with E-state index in [0.29, 0.717) is 31.1 Å². The number of carbonyl (C=O) groups is 1. The summed E-state index contributed by atoms with van der Waals surface area (Å²) in [4.78, 5) is 15.7. The number of nitrogens with zero attached hydrogens (tertiary/aromatic N) is 1. The summed E-state index contributed by atoms with van der Waals surface area (Å²) in [5.74, 6) is 1.21. The van der Waals surface area contributed by atoms with Crippen molar-refractivity contribution in [2.45, 2.75) is 6.92 Å². The Bertz CT molecular complexity index is 663. The molecule has 5 nitrogen and oxygen atoms in total. The molecule has 1 amide bonds. The number of amides is 1. The van der Waals surface area contributed by atoms with Crippen LogP contribution >= 0.6 is 23.2 Å². The smallest absolute Gasteiger partial charge is 0.253 e. The first-order valence-corrected chi connectivity index (χ1v) is 7.80. The van der Waals surface area contributed by atoms with Gasteiger partial charge in [-0.25, -0.2) is 4.98 Å². The summed E-state index contributed by atoms with van der Waals surface area (Å²) in [7, 11) is 0. The van der Waals surface area contributed by atoms with Crippen molar-refractivity contribution in [2.24, 2.45) is 0 Å². The van der Waals surface area contributed by atoms with E-state index in [4.69, 9.17) is 32.7 Å². The highest BCUT2D eigenvalue weighted by molar-refractivity contribution is 6.41. The van der Waals surface area contributed by atoms with Crippen LogP contribution in [0.3, 0.4) is 0 Å². The number of rotatable bonds is 7. The Morgan fingerprint density at radius 2 is 1.83 bits per heavy atom. The molecule has 0 fully saturated rings. The van der Waals surface area contributed by atoms with E-state index in [0.717, 1.165) is 5.75 Å². The van der Waals surface area contributed by atoms with Crippen molar-refractivity contribution in [1.82, 2.24) is 10.3 Å². The fraction of sp³-hybridized carbons (Fsp3) is 0.250. The van der Waals surface area contributed by atoms with E-state index in [-0.39, 0.29) is 16.1 Å². The maximum absolute atomic E-state index is 11.9. The number of nitrogens with one attached hydrogen (secondary N) is 1. The molecule has 2 rings (SSSR count). The summed E-state index contributed by atoms with van der Waals surface area (Å²) >= 11 is 11.5. The molecule has 1 aromatic heterocycles. The summed E-state index contributed by atoms with van der Waals surface area (Å²) in [6.07, 6.45) is 1.37. The number of ether oxygens (including phenoxy) is 2. The molecule has 1 N–H and O–H groups in total. The monoisotopic (exact) mass is 354 g/mol. The Morgan fingerprint density at radius 1 is 1.17 bits per heavy atom. The van der Waals surface area contributed by atoms with Crippen molar-refractivity contribution >= 4 is 29.1 Å². The summed E-state index contributed by atoms with van der Waals surface area (Å²) < 4.78 is 10.9. The Hall–Kier alpha value is -1.98. The molecule has 1 aromatic carbocycles. The molecule has 122 valence electrons. The second kappa shape index (κ2) is 8.60. The van der Waals surface area contributed by atoms with E-state index in [1.165, 1.54) is 12.3 Å². The highest BCUT2D eigenvalue weighted by Gasteiger charge is 2.08. The predicted octanol–water partition coefficient (Wildman–Crippen LogP) is 3.60. The number of carbonyl (C=O) groups excluding carboxylic acids is 1. The zero-order valence-corrected chi connectivity index (χ0v) is 14.0. The lowest BCUT2D eigenvalue weighted by atomic mass is 10.3. The molecular weight excluding hydrogens is 339 g/mol. The first-order chi connectivity index (χ1) is 11.1. The van der Waals surface area contributed by atoms with Crippen LogP contribution in [0, 0.1) is 0 Å². The van der Waals surface area contributed by atoms with Crippen molar-refractivity contribution in [3.63, 3.8) is 0 Å². The van der Waals surface area contributed by atoms with Crippen LogP contribution in [0.5, 0.6) is 11.5 Å². The summed E-state index contributed by atoms with van der Waals surface area (Å²) in [5.41, 5.74) is 0.348. The molecule has 0 aliphatic carbocycles. The molecule has 23 heavy (non-hydrogen) atoms. The van der Waals surface area contributed by atoms with Gasteiger partial charge >= 0.3 is 0 Å². The fourth-order valence-electron chi connectivity index (χ4n) is 1.78. The average molecular weight is 355 g/mol. The Kier molecular flexibility index (Phi) is 6.50. The minimum atomic E-state index is -0.286. The number of pyridine rings is 1. The van der Waals surface area contributed by atoms with E-state index in [2.05, 4.69) is 10.3 Å². The molecule has 0 aliphatic heterocycles. The van der Waals surface area contributed by atoms with Crippen molar-refractivity contribution in [3.05, 3.63) is 52.3 Å². The molecule has 0 atom stereocenters. The van der Waals surface area contributed by atoms with Crippen LogP contribution in [0.1, 0.15) is 17.3 Å². The Morgan fingerprint density at radius 3 is 2.43 bits per heavy atom. The standard InChI is InChI=1S/C16H16Cl2N2O3/c1-2-22-12-3-5-13(6-4-12)23-8-7-19-16(21)11-9-14(17)15(18)20-10-11/h3-6,9-10H,2,7-8H2,1H3,(H,19,21). The average Bonchev–Trinajstić information content (AvgIpc) is 2.55. The van der Waals surface area contributed by atoms with Gasteiger partial charge in [0.05, 0.1) is 23.7 Å². The summed E-state index contributed by atoms with van der Waals surface area (Å²) in [5, 5.41) is 3.13. The van der Waals surface area contributed by atoms with Gasteiger partial charge in [-0.2, -0.15) is 0 Å². The third-order valence-electron chi connectivity index (χ3n) is 2.85. The molecule has 7 heteroatoms. The highest BCUT2D eigenvalue weighted by atomic mass is 35.5. The quantitative estimate of drug-likeness (QED) is 0.609. The van der Waals surface area contributed by atoms with Crippen LogP contribution in [0.4, 0.5) is 0 Å². The number of aromatic nitrogens is 1. The van der Waals surface area contributed by atoms with Gasteiger partial charge in [0.25, 0.3) is 5.91 Å². The second-order valence-electron chi connectivity index (χ2n) is 4.51. The minimum Gasteiger partial charge on any atom is -0.494 e. The van der Waals surface area contributed by atoms with Crippen LogP contribution in [0.25, 0.3) is 0 Å². The van der Waals surface area contributed by atoms with Crippen LogP contribution in [0.2, 0.25) is 10.2 Å². The zero-order chi connectivity index (χ0) is 16.7. The van der Waals surface area contributed by atoms with Crippen molar-refractivity contribution in [1.29, 1.82) is 0 Å². The normalized spacial score (nSPS) is 10.2. The summed E-state index contributed by atoms with van der Waals surface area (Å²) in [6, 6.07) is 8.77. The Labute approximate surface area is 144 Å². The number of hydrogen-bond donors (Lipinski definition) is 1. The minimum absolute atomic E-state index is 0.169. The maximum atomic E-state index is 11.9. The van der Waals surface area contributed by atoms with Crippen molar-refractivity contribution < 1.29 is 14.3 Å². The lowest BCUT2D eigenvalue weighted by Crippen LogP contribution is -2.28. The van der Waals surface area contributed by atoms with E-state index < -0.39 is 0 Å². The predicted molar refractivity (Wildman–Crippen MR) is 89.7 cm³/mol. The second-order valence-corrected chi connectivity index (χ2v) is 5.27. The molecule has 0 bridgehead atoms. The first kappa shape index (κ1) is 17.4. The number of benzene rings is 1. The maximum Gasteiger partial charge on any atom is 0.253 e. The van der Waals surface area contributed by atoms with Gasteiger partial charge in [0, 0.05) is 6.20 Å². The van der Waals surface area contributed by atoms with Crippen LogP contribution in [-0.4, -0.2) is 30.6 Å². The van der Waals surface area contributed by atoms with Crippen molar-refractivity contribution in [3.8, 4) is 11.5 Å². The van der Waals surface area contributed by atoms with Crippen LogP contribution in [0.15, 0.2) is 36.5 Å². The fourth-order valence-corrected chi connectivity index (χ4v) is 2.05. The topological polar surface area (TPSA) is 60.5 Å². The third-order valence-corrected chi connectivity index (χ3v) is 3.54. The molecule has 0 radical (unpaired) electrons. The van der Waals surface area contributed by atoms with Gasteiger partial charge in [-0.1, -0.05) is 23.2 Å². The highest BCUT2D eigenvalue weighted by Crippen LogP contribution is 2.19. The lowest BCUT2D eigenvalue weighted by molar-refractivity contribution is 0.0946. The van der Waals surface area contributed by atoms with E-state index in [1.54, 1.807) is 0 Å². The number of halogens is 2. The molecule has 0 spiro atoms. The number of hydrogen-bond acceptors (Lipinski definition) is 4. The molecule has 0 aliphatic rings. The van der Waals surface area contributed by atoms with Crippen LogP contribution < -0.4 is 14.8 Å². The zero-order valence-electron chi connectivity index (χ0n) is 12.5. The van der Waals surface area contributed by atoms with Gasteiger partial charge in [-0.3, -0.25) is 4.79 Å². The third kappa shape index (κ3) is 5.30. The first-order valence-electron chi connectivity index (χ1n) is 7.05. The molecule has 2 aromatic rings. The van der Waals surface area contributed by atoms with E-state index in [1.807, 2.05) is 31.2 Å². The SMILES string of the molecule is CCOc1ccc(OCCNC(=O)c2cnc(Cl)c(Cl)c2)cc1. The van der Waals surface area contributed by atoms with Gasteiger partial charge < -0.3 is 14.8 Å². The Balaban J connectivity index is 1.76. The molecule has 1 heterocycles. The molecular formula is C16H16Cl2N2O3. The molecule has 0 saturated heterocycles. The van der Waals surface area contributed by atoms with Crippen molar-refractivity contribution in [2.75, 3.05) is 19.8 Å². The molecule has 0 unspecified atom stereocenters. The van der Waals surface area contributed by atoms with E-state index in [9.17, 15) is 4.79 Å². The van der Waals surface area contributed by atoms with Gasteiger partial charge in [0.2, 0.25) is 0 Å². The van der Waals surface area contributed by atoms with Gasteiger partial charge in [0.1, 0.15) is 23.3 Å². The van der Waals surface area contributed by atoms with E-state index >= 15 is 0 Å². The van der Waals surface area contributed by atoms with Gasteiger partial charge in [-0.05, 0) is 37.3 Å². The van der Waals surface area contributed by atoms with Crippen LogP contribution in [-0.2, 0) is 0 Å². The van der Waals surface area contributed by atoms with Gasteiger partial charge in [-0.15, -0.1) is 0 Å². The summed E-state index contributed by atoms with van der Waals surface area (Å²) in [6.45, 7) is 3.24. The lowest BCUT2D eigenvalue weighted by Gasteiger charge is -2.09.